The zero-order valence-corrected chi connectivity index (χ0v) is 9.23. The fraction of sp³-hybridized carbons (Fsp3) is 0.273. The van der Waals surface area contributed by atoms with Crippen molar-refractivity contribution >= 4 is 11.8 Å². The van der Waals surface area contributed by atoms with Crippen molar-refractivity contribution < 1.29 is 24.2 Å². The summed E-state index contributed by atoms with van der Waals surface area (Å²) >= 11 is 0. The minimum absolute atomic E-state index is 0.0784. The molecule has 0 amide bonds. The Bertz CT molecular complexity index is 436. The zero-order valence-electron chi connectivity index (χ0n) is 9.23. The molecule has 86 valence electrons. The van der Waals surface area contributed by atoms with Crippen LogP contribution in [0.1, 0.15) is 24.2 Å². The van der Waals surface area contributed by atoms with Crippen LogP contribution in [0.3, 0.4) is 0 Å². The first-order valence-electron chi connectivity index (χ1n) is 4.56. The molecule has 0 bridgehead atoms. The summed E-state index contributed by atoms with van der Waals surface area (Å²) < 4.78 is 9.70. The summed E-state index contributed by atoms with van der Waals surface area (Å²) in [5.74, 6) is -0.816. The number of methoxy groups -OCH3 is 1. The highest BCUT2D eigenvalue weighted by Crippen LogP contribution is 2.34. The molecule has 0 saturated heterocycles. The number of hydrogen-bond donors (Lipinski definition) is 1. The predicted octanol–water partition coefficient (Wildman–Crippen LogP) is 1.53. The smallest absolute Gasteiger partial charge is 0.308 e. The van der Waals surface area contributed by atoms with Crippen molar-refractivity contribution in [1.29, 1.82) is 0 Å². The molecule has 1 rings (SSSR count). The van der Waals surface area contributed by atoms with Crippen LogP contribution in [0.15, 0.2) is 12.1 Å². The standard InChI is InChI=1S/C11H12O5/c1-6(12)8-4-9(14)11(15-3)5-10(8)16-7(2)13/h4-5,14H,1-3H3. The summed E-state index contributed by atoms with van der Waals surface area (Å²) in [6.45, 7) is 2.54. The fourth-order valence-corrected chi connectivity index (χ4v) is 1.23. The van der Waals surface area contributed by atoms with Crippen LogP contribution in [0, 0.1) is 0 Å². The molecule has 0 unspecified atom stereocenters. The first kappa shape index (κ1) is 12.0. The van der Waals surface area contributed by atoms with Gasteiger partial charge in [0.2, 0.25) is 0 Å². The van der Waals surface area contributed by atoms with Crippen molar-refractivity contribution in [3.05, 3.63) is 17.7 Å². The molecule has 1 N–H and O–H groups in total. The van der Waals surface area contributed by atoms with Crippen LogP contribution in [-0.2, 0) is 4.79 Å². The van der Waals surface area contributed by atoms with Gasteiger partial charge in [0, 0.05) is 13.0 Å². The molecule has 5 nitrogen and oxygen atoms in total. The third-order valence-electron chi connectivity index (χ3n) is 1.91. The van der Waals surface area contributed by atoms with Gasteiger partial charge in [-0.05, 0) is 13.0 Å². The van der Waals surface area contributed by atoms with E-state index >= 15 is 0 Å². The van der Waals surface area contributed by atoms with Gasteiger partial charge in [-0.3, -0.25) is 9.59 Å². The summed E-state index contributed by atoms with van der Waals surface area (Å²) in [6.07, 6.45) is 0. The molecule has 1 aromatic carbocycles. The topological polar surface area (TPSA) is 72.8 Å². The molecule has 0 aliphatic rings. The molecule has 1 aromatic rings. The van der Waals surface area contributed by atoms with Gasteiger partial charge in [0.25, 0.3) is 0 Å². The minimum atomic E-state index is -0.546. The van der Waals surface area contributed by atoms with Crippen molar-refractivity contribution in [2.45, 2.75) is 13.8 Å². The lowest BCUT2D eigenvalue weighted by molar-refractivity contribution is -0.131. The van der Waals surface area contributed by atoms with E-state index in [4.69, 9.17) is 9.47 Å². The summed E-state index contributed by atoms with van der Waals surface area (Å²) in [5.41, 5.74) is 0.133. The van der Waals surface area contributed by atoms with E-state index in [0.29, 0.717) is 0 Å². The molecule has 0 aromatic heterocycles. The van der Waals surface area contributed by atoms with Crippen molar-refractivity contribution in [3.63, 3.8) is 0 Å². The Hall–Kier alpha value is -2.04. The number of phenols is 1. The second-order valence-electron chi connectivity index (χ2n) is 3.17. The van der Waals surface area contributed by atoms with Gasteiger partial charge in [-0.1, -0.05) is 0 Å². The van der Waals surface area contributed by atoms with E-state index in [9.17, 15) is 14.7 Å². The lowest BCUT2D eigenvalue weighted by Gasteiger charge is -2.10. The number of ketones is 1. The van der Waals surface area contributed by atoms with E-state index in [1.165, 1.54) is 33.1 Å². The molecule has 0 aliphatic heterocycles. The van der Waals surface area contributed by atoms with Crippen molar-refractivity contribution in [2.24, 2.45) is 0 Å². The highest BCUT2D eigenvalue weighted by Gasteiger charge is 2.15. The van der Waals surface area contributed by atoms with Crippen LogP contribution in [0.4, 0.5) is 0 Å². The van der Waals surface area contributed by atoms with E-state index < -0.39 is 5.97 Å². The minimum Gasteiger partial charge on any atom is -0.504 e. The number of ether oxygens (including phenoxy) is 2. The average Bonchev–Trinajstić information content (AvgIpc) is 2.19. The molecule has 0 saturated carbocycles. The van der Waals surface area contributed by atoms with E-state index in [1.54, 1.807) is 0 Å². The Morgan fingerprint density at radius 3 is 2.25 bits per heavy atom. The second-order valence-corrected chi connectivity index (χ2v) is 3.17. The van der Waals surface area contributed by atoms with Gasteiger partial charge < -0.3 is 14.6 Å². The second kappa shape index (κ2) is 4.65. The van der Waals surface area contributed by atoms with Gasteiger partial charge in [0.15, 0.2) is 17.3 Å². The fourth-order valence-electron chi connectivity index (χ4n) is 1.23. The Kier molecular flexibility index (Phi) is 3.50. The number of phenolic OH excluding ortho intramolecular Hbond substituents is 1. The number of Topliss-reactive ketones (excluding diaryl/α,β-unsaturated/α-hetero) is 1. The molecule has 0 spiro atoms. The largest absolute Gasteiger partial charge is 0.504 e. The maximum Gasteiger partial charge on any atom is 0.308 e. The van der Waals surface area contributed by atoms with Gasteiger partial charge >= 0.3 is 5.97 Å². The Labute approximate surface area is 92.6 Å². The molecule has 5 heteroatoms. The lowest BCUT2D eigenvalue weighted by Crippen LogP contribution is -2.06. The van der Waals surface area contributed by atoms with Crippen LogP contribution in [0.25, 0.3) is 0 Å². The average molecular weight is 224 g/mol. The van der Waals surface area contributed by atoms with E-state index in [1.807, 2.05) is 0 Å². The van der Waals surface area contributed by atoms with Crippen molar-refractivity contribution in [3.8, 4) is 17.2 Å². The van der Waals surface area contributed by atoms with Gasteiger partial charge in [-0.25, -0.2) is 0 Å². The molecule has 0 aliphatic carbocycles. The summed E-state index contributed by atoms with van der Waals surface area (Å²) in [7, 11) is 1.36. The number of hydrogen-bond acceptors (Lipinski definition) is 5. The van der Waals surface area contributed by atoms with Crippen LogP contribution in [0.2, 0.25) is 0 Å². The molecular weight excluding hydrogens is 212 g/mol. The highest BCUT2D eigenvalue weighted by molar-refractivity contribution is 5.98. The predicted molar refractivity (Wildman–Crippen MR) is 56.0 cm³/mol. The van der Waals surface area contributed by atoms with E-state index in [0.717, 1.165) is 0 Å². The van der Waals surface area contributed by atoms with Crippen molar-refractivity contribution in [1.82, 2.24) is 0 Å². The monoisotopic (exact) mass is 224 g/mol. The Morgan fingerprint density at radius 1 is 1.19 bits per heavy atom. The van der Waals surface area contributed by atoms with Gasteiger partial charge in [0.05, 0.1) is 12.7 Å². The molecular formula is C11H12O5. The maximum atomic E-state index is 11.3. The summed E-state index contributed by atoms with van der Waals surface area (Å²) in [4.78, 5) is 22.1. The van der Waals surface area contributed by atoms with Gasteiger partial charge in [0.1, 0.15) is 5.75 Å². The Morgan fingerprint density at radius 2 is 1.81 bits per heavy atom. The maximum absolute atomic E-state index is 11.3. The number of carbonyl (C=O) groups excluding carboxylic acids is 2. The van der Waals surface area contributed by atoms with Gasteiger partial charge in [-0.2, -0.15) is 0 Å². The van der Waals surface area contributed by atoms with Crippen LogP contribution >= 0.6 is 0 Å². The van der Waals surface area contributed by atoms with Crippen LogP contribution in [0.5, 0.6) is 17.2 Å². The molecule has 0 atom stereocenters. The number of aromatic hydroxyl groups is 1. The SMILES string of the molecule is COc1cc(OC(C)=O)c(C(C)=O)cc1O. The van der Waals surface area contributed by atoms with Crippen molar-refractivity contribution in [2.75, 3.05) is 7.11 Å². The third kappa shape index (κ3) is 2.50. The lowest BCUT2D eigenvalue weighted by atomic mass is 10.1. The first-order chi connectivity index (χ1) is 7.45. The van der Waals surface area contributed by atoms with E-state index in [2.05, 4.69) is 0 Å². The number of benzene rings is 1. The quantitative estimate of drug-likeness (QED) is 0.479. The normalized spacial score (nSPS) is 9.69. The molecule has 16 heavy (non-hydrogen) atoms. The number of rotatable bonds is 3. The van der Waals surface area contributed by atoms with Crippen LogP contribution < -0.4 is 9.47 Å². The number of carbonyl (C=O) groups is 2. The molecule has 0 fully saturated rings. The van der Waals surface area contributed by atoms with Gasteiger partial charge in [-0.15, -0.1) is 0 Å². The molecule has 0 heterocycles. The zero-order chi connectivity index (χ0) is 12.3. The summed E-state index contributed by atoms with van der Waals surface area (Å²) in [5, 5.41) is 9.48. The summed E-state index contributed by atoms with van der Waals surface area (Å²) in [6, 6.07) is 2.51. The number of esters is 1. The Balaban J connectivity index is 3.30. The highest BCUT2D eigenvalue weighted by atomic mass is 16.5. The molecule has 0 radical (unpaired) electrons. The van der Waals surface area contributed by atoms with E-state index in [-0.39, 0.29) is 28.6 Å². The van der Waals surface area contributed by atoms with Crippen LogP contribution in [-0.4, -0.2) is 24.0 Å². The third-order valence-corrected chi connectivity index (χ3v) is 1.91. The first-order valence-corrected chi connectivity index (χ1v) is 4.56.